The number of carbonyl (C=O) groups excluding carboxylic acids is 1. The molecule has 3 rings (SSSR count). The quantitative estimate of drug-likeness (QED) is 0.806. The van der Waals surface area contributed by atoms with Crippen molar-refractivity contribution in [3.8, 4) is 5.69 Å². The van der Waals surface area contributed by atoms with Crippen LogP contribution >= 0.6 is 0 Å². The number of amides is 1. The summed E-state index contributed by atoms with van der Waals surface area (Å²) in [6.07, 6.45) is 3.41. The summed E-state index contributed by atoms with van der Waals surface area (Å²) in [7, 11) is 0. The van der Waals surface area contributed by atoms with E-state index in [0.29, 0.717) is 11.4 Å². The SMILES string of the molecule is Cc1cccnc1NC(=O)c1ccc(-n2nccc2C)cc1. The van der Waals surface area contributed by atoms with Crippen LogP contribution in [0.3, 0.4) is 0 Å². The van der Waals surface area contributed by atoms with Gasteiger partial charge in [0.2, 0.25) is 0 Å². The predicted octanol–water partition coefficient (Wildman–Crippen LogP) is 3.14. The highest BCUT2D eigenvalue weighted by molar-refractivity contribution is 6.04. The highest BCUT2D eigenvalue weighted by Gasteiger charge is 2.09. The fourth-order valence-corrected chi connectivity index (χ4v) is 2.19. The van der Waals surface area contributed by atoms with Gasteiger partial charge in [0.1, 0.15) is 5.82 Å². The van der Waals surface area contributed by atoms with E-state index in [-0.39, 0.29) is 5.91 Å². The molecule has 1 amide bonds. The summed E-state index contributed by atoms with van der Waals surface area (Å²) < 4.78 is 1.82. The Balaban J connectivity index is 1.80. The first kappa shape index (κ1) is 14.0. The standard InChI is InChI=1S/C17H16N4O/c1-12-4-3-10-18-16(12)20-17(22)14-5-7-15(8-6-14)21-13(2)9-11-19-21/h3-11H,1-2H3,(H,18,20,22). The van der Waals surface area contributed by atoms with Crippen LogP contribution in [0.25, 0.3) is 5.69 Å². The number of rotatable bonds is 3. The molecular formula is C17H16N4O. The summed E-state index contributed by atoms with van der Waals surface area (Å²) in [6.45, 7) is 3.89. The van der Waals surface area contributed by atoms with Crippen LogP contribution in [-0.4, -0.2) is 20.7 Å². The number of nitrogens with zero attached hydrogens (tertiary/aromatic N) is 3. The molecule has 1 N–H and O–H groups in total. The second kappa shape index (κ2) is 5.81. The fraction of sp³-hybridized carbons (Fsp3) is 0.118. The van der Waals surface area contributed by atoms with Crippen molar-refractivity contribution in [3.63, 3.8) is 0 Å². The molecule has 110 valence electrons. The molecule has 2 aromatic heterocycles. The van der Waals surface area contributed by atoms with Crippen molar-refractivity contribution in [2.75, 3.05) is 5.32 Å². The Kier molecular flexibility index (Phi) is 3.70. The van der Waals surface area contributed by atoms with Crippen LogP contribution in [0.4, 0.5) is 5.82 Å². The van der Waals surface area contributed by atoms with E-state index in [1.54, 1.807) is 24.5 Å². The Morgan fingerprint density at radius 1 is 1.05 bits per heavy atom. The molecule has 0 fully saturated rings. The summed E-state index contributed by atoms with van der Waals surface area (Å²) in [6, 6.07) is 13.0. The van der Waals surface area contributed by atoms with Crippen LogP contribution in [0, 0.1) is 13.8 Å². The molecule has 2 heterocycles. The molecule has 22 heavy (non-hydrogen) atoms. The highest BCUT2D eigenvalue weighted by atomic mass is 16.1. The van der Waals surface area contributed by atoms with E-state index >= 15 is 0 Å². The first-order valence-corrected chi connectivity index (χ1v) is 6.99. The van der Waals surface area contributed by atoms with Crippen LogP contribution in [0.1, 0.15) is 21.6 Å². The van der Waals surface area contributed by atoms with E-state index < -0.39 is 0 Å². The number of carbonyl (C=O) groups is 1. The largest absolute Gasteiger partial charge is 0.306 e. The Labute approximate surface area is 128 Å². The van der Waals surface area contributed by atoms with E-state index in [0.717, 1.165) is 16.9 Å². The highest BCUT2D eigenvalue weighted by Crippen LogP contribution is 2.14. The van der Waals surface area contributed by atoms with Gasteiger partial charge in [0.15, 0.2) is 0 Å². The predicted molar refractivity (Wildman–Crippen MR) is 85.2 cm³/mol. The van der Waals surface area contributed by atoms with Crippen molar-refractivity contribution in [2.45, 2.75) is 13.8 Å². The second-order valence-corrected chi connectivity index (χ2v) is 5.05. The Morgan fingerprint density at radius 3 is 2.45 bits per heavy atom. The third kappa shape index (κ3) is 2.74. The first-order chi connectivity index (χ1) is 10.6. The zero-order valence-electron chi connectivity index (χ0n) is 12.4. The van der Waals surface area contributed by atoms with E-state index in [1.165, 1.54) is 0 Å². The summed E-state index contributed by atoms with van der Waals surface area (Å²) >= 11 is 0. The molecule has 0 saturated carbocycles. The molecule has 0 aliphatic heterocycles. The number of hydrogen-bond donors (Lipinski definition) is 1. The van der Waals surface area contributed by atoms with Gasteiger partial charge in [-0.1, -0.05) is 6.07 Å². The average molecular weight is 292 g/mol. The first-order valence-electron chi connectivity index (χ1n) is 6.99. The topological polar surface area (TPSA) is 59.8 Å². The van der Waals surface area contributed by atoms with E-state index in [4.69, 9.17) is 0 Å². The van der Waals surface area contributed by atoms with Crippen molar-refractivity contribution in [2.24, 2.45) is 0 Å². The molecular weight excluding hydrogens is 276 g/mol. The number of benzene rings is 1. The normalized spacial score (nSPS) is 10.5. The lowest BCUT2D eigenvalue weighted by Gasteiger charge is -2.08. The van der Waals surface area contributed by atoms with Crippen LogP contribution in [-0.2, 0) is 0 Å². The summed E-state index contributed by atoms with van der Waals surface area (Å²) in [5, 5.41) is 7.07. The van der Waals surface area contributed by atoms with Crippen LogP contribution in [0.15, 0.2) is 54.9 Å². The molecule has 0 atom stereocenters. The molecule has 0 bridgehead atoms. The molecule has 1 aromatic carbocycles. The molecule has 0 saturated heterocycles. The van der Waals surface area contributed by atoms with Crippen LogP contribution < -0.4 is 5.32 Å². The maximum Gasteiger partial charge on any atom is 0.256 e. The van der Waals surface area contributed by atoms with Gasteiger partial charge in [-0.05, 0) is 55.8 Å². The number of aryl methyl sites for hydroxylation is 2. The van der Waals surface area contributed by atoms with Crippen molar-refractivity contribution < 1.29 is 4.79 Å². The van der Waals surface area contributed by atoms with E-state index in [2.05, 4.69) is 15.4 Å². The zero-order chi connectivity index (χ0) is 15.5. The molecule has 0 aliphatic carbocycles. The average Bonchev–Trinajstić information content (AvgIpc) is 2.96. The number of anilines is 1. The Morgan fingerprint density at radius 2 is 1.82 bits per heavy atom. The maximum absolute atomic E-state index is 12.3. The van der Waals surface area contributed by atoms with Crippen molar-refractivity contribution in [1.29, 1.82) is 0 Å². The lowest BCUT2D eigenvalue weighted by Crippen LogP contribution is -2.14. The Hall–Kier alpha value is -2.95. The monoisotopic (exact) mass is 292 g/mol. The summed E-state index contributed by atoms with van der Waals surface area (Å²) in [5.74, 6) is 0.407. The smallest absolute Gasteiger partial charge is 0.256 e. The molecule has 5 heteroatoms. The minimum absolute atomic E-state index is 0.175. The summed E-state index contributed by atoms with van der Waals surface area (Å²) in [5.41, 5.74) is 3.48. The van der Waals surface area contributed by atoms with Gasteiger partial charge in [0.25, 0.3) is 5.91 Å². The molecule has 0 unspecified atom stereocenters. The maximum atomic E-state index is 12.3. The minimum Gasteiger partial charge on any atom is -0.306 e. The molecule has 0 aliphatic rings. The van der Waals surface area contributed by atoms with Crippen molar-refractivity contribution in [1.82, 2.24) is 14.8 Å². The van der Waals surface area contributed by atoms with Crippen LogP contribution in [0.2, 0.25) is 0 Å². The van der Waals surface area contributed by atoms with Gasteiger partial charge in [-0.25, -0.2) is 9.67 Å². The van der Waals surface area contributed by atoms with Gasteiger partial charge in [-0.3, -0.25) is 4.79 Å². The lowest BCUT2D eigenvalue weighted by atomic mass is 10.2. The molecule has 0 spiro atoms. The number of pyridine rings is 1. The van der Waals surface area contributed by atoms with Gasteiger partial charge >= 0.3 is 0 Å². The molecule has 3 aromatic rings. The number of hydrogen-bond acceptors (Lipinski definition) is 3. The third-order valence-corrected chi connectivity index (χ3v) is 3.45. The van der Waals surface area contributed by atoms with Gasteiger partial charge in [0, 0.05) is 23.7 Å². The van der Waals surface area contributed by atoms with E-state index in [1.807, 2.05) is 48.9 Å². The Bertz CT molecular complexity index is 806. The zero-order valence-corrected chi connectivity index (χ0v) is 12.4. The van der Waals surface area contributed by atoms with Gasteiger partial charge in [0.05, 0.1) is 5.69 Å². The molecule has 5 nitrogen and oxygen atoms in total. The van der Waals surface area contributed by atoms with E-state index in [9.17, 15) is 4.79 Å². The molecule has 0 radical (unpaired) electrons. The van der Waals surface area contributed by atoms with Crippen molar-refractivity contribution in [3.05, 3.63) is 71.7 Å². The van der Waals surface area contributed by atoms with Crippen molar-refractivity contribution >= 4 is 11.7 Å². The van der Waals surface area contributed by atoms with Gasteiger partial charge in [-0.15, -0.1) is 0 Å². The van der Waals surface area contributed by atoms with Crippen LogP contribution in [0.5, 0.6) is 0 Å². The summed E-state index contributed by atoms with van der Waals surface area (Å²) in [4.78, 5) is 16.4. The van der Waals surface area contributed by atoms with Gasteiger partial charge in [-0.2, -0.15) is 5.10 Å². The third-order valence-electron chi connectivity index (χ3n) is 3.45. The van der Waals surface area contributed by atoms with Gasteiger partial charge < -0.3 is 5.32 Å². The minimum atomic E-state index is -0.175. The fourth-order valence-electron chi connectivity index (χ4n) is 2.19. The number of nitrogens with one attached hydrogen (secondary N) is 1. The number of aromatic nitrogens is 3. The lowest BCUT2D eigenvalue weighted by molar-refractivity contribution is 0.102. The second-order valence-electron chi connectivity index (χ2n) is 5.05.